The first-order valence-electron chi connectivity index (χ1n) is 13.6. The van der Waals surface area contributed by atoms with Gasteiger partial charge < -0.3 is 24.8 Å². The number of amides is 2. The van der Waals surface area contributed by atoms with Crippen molar-refractivity contribution in [1.29, 1.82) is 0 Å². The molecule has 2 fully saturated rings. The number of piperidine rings is 1. The first-order valence-corrected chi connectivity index (χ1v) is 13.6. The van der Waals surface area contributed by atoms with E-state index in [0.717, 1.165) is 44.0 Å². The molecule has 2 amide bonds. The summed E-state index contributed by atoms with van der Waals surface area (Å²) in [6, 6.07) is 14.6. The van der Waals surface area contributed by atoms with Crippen LogP contribution in [0.25, 0.3) is 11.1 Å². The Hall–Kier alpha value is -3.43. The standard InChI is InChI=1S/C30H39N3O6/c1-30(2,3)39-29(37)33-14-12-24(13-15-33)26(28(35)36)31-27(34)25-10-8-23(9-11-25)22-6-4-21(5-7-22)20-32-16-18-38-19-17-32/h4-11,24,26H,12-20H2,1-3H3,(H,31,34)(H,35,36)/t26-/m0/s1. The predicted octanol–water partition coefficient (Wildman–Crippen LogP) is 4.02. The SMILES string of the molecule is CC(C)(C)OC(=O)N1CCC([C@H](NC(=O)c2ccc(-c3ccc(CN4CCOCC4)cc3)cc2)C(=O)O)CC1. The second-order valence-electron chi connectivity index (χ2n) is 11.3. The minimum atomic E-state index is -1.08. The van der Waals surface area contributed by atoms with Crippen LogP contribution in [-0.2, 0) is 20.8 Å². The number of carbonyl (C=O) groups is 3. The molecule has 0 saturated carbocycles. The quantitative estimate of drug-likeness (QED) is 0.549. The monoisotopic (exact) mass is 537 g/mol. The van der Waals surface area contributed by atoms with E-state index >= 15 is 0 Å². The third-order valence-electron chi connectivity index (χ3n) is 7.16. The molecule has 0 aliphatic carbocycles. The molecule has 0 radical (unpaired) electrons. The highest BCUT2D eigenvalue weighted by Gasteiger charge is 2.35. The lowest BCUT2D eigenvalue weighted by Gasteiger charge is -2.35. The first kappa shape index (κ1) is 28.6. The molecule has 0 aromatic heterocycles. The van der Waals surface area contributed by atoms with Crippen LogP contribution in [0.3, 0.4) is 0 Å². The summed E-state index contributed by atoms with van der Waals surface area (Å²) < 4.78 is 10.8. The van der Waals surface area contributed by atoms with Crippen molar-refractivity contribution in [2.75, 3.05) is 39.4 Å². The van der Waals surface area contributed by atoms with Crippen LogP contribution in [0.4, 0.5) is 4.79 Å². The number of carboxylic acid groups (broad SMARTS) is 1. The van der Waals surface area contributed by atoms with Crippen LogP contribution in [-0.4, -0.2) is 83.9 Å². The van der Waals surface area contributed by atoms with Crippen LogP contribution in [0.1, 0.15) is 49.5 Å². The Morgan fingerprint density at radius 1 is 0.949 bits per heavy atom. The van der Waals surface area contributed by atoms with E-state index in [9.17, 15) is 19.5 Å². The van der Waals surface area contributed by atoms with Crippen LogP contribution >= 0.6 is 0 Å². The topological polar surface area (TPSA) is 108 Å². The van der Waals surface area contributed by atoms with E-state index in [1.54, 1.807) is 17.0 Å². The smallest absolute Gasteiger partial charge is 0.410 e. The number of carboxylic acids is 1. The van der Waals surface area contributed by atoms with Gasteiger partial charge in [-0.2, -0.15) is 0 Å². The summed E-state index contributed by atoms with van der Waals surface area (Å²) in [6.07, 6.45) is 0.539. The number of hydrogen-bond donors (Lipinski definition) is 2. The summed E-state index contributed by atoms with van der Waals surface area (Å²) >= 11 is 0. The average molecular weight is 538 g/mol. The third-order valence-corrected chi connectivity index (χ3v) is 7.16. The molecule has 4 rings (SSSR count). The molecule has 9 nitrogen and oxygen atoms in total. The molecule has 1 atom stereocenters. The number of ether oxygens (including phenoxy) is 2. The van der Waals surface area contributed by atoms with Crippen LogP contribution in [0.5, 0.6) is 0 Å². The zero-order valence-electron chi connectivity index (χ0n) is 23.0. The number of morpholine rings is 1. The van der Waals surface area contributed by atoms with Crippen molar-refractivity contribution in [2.45, 2.75) is 51.8 Å². The van der Waals surface area contributed by atoms with Crippen molar-refractivity contribution in [1.82, 2.24) is 15.1 Å². The lowest BCUT2D eigenvalue weighted by Crippen LogP contribution is -2.50. The number of benzene rings is 2. The minimum Gasteiger partial charge on any atom is -0.480 e. The van der Waals surface area contributed by atoms with Gasteiger partial charge in [-0.25, -0.2) is 9.59 Å². The van der Waals surface area contributed by atoms with Gasteiger partial charge in [0, 0.05) is 38.3 Å². The molecule has 0 unspecified atom stereocenters. The van der Waals surface area contributed by atoms with Gasteiger partial charge in [0.05, 0.1) is 13.2 Å². The van der Waals surface area contributed by atoms with E-state index in [2.05, 4.69) is 34.5 Å². The second kappa shape index (κ2) is 12.6. The molecule has 2 aliphatic rings. The van der Waals surface area contributed by atoms with Crippen molar-refractivity contribution in [3.63, 3.8) is 0 Å². The number of hydrogen-bond acceptors (Lipinski definition) is 6. The maximum absolute atomic E-state index is 12.9. The van der Waals surface area contributed by atoms with Gasteiger partial charge in [-0.3, -0.25) is 9.69 Å². The molecule has 2 aliphatic heterocycles. The Bertz CT molecular complexity index is 1130. The maximum Gasteiger partial charge on any atom is 0.410 e. The second-order valence-corrected chi connectivity index (χ2v) is 11.3. The minimum absolute atomic E-state index is 0.277. The highest BCUT2D eigenvalue weighted by atomic mass is 16.6. The van der Waals surface area contributed by atoms with Crippen LogP contribution in [0, 0.1) is 5.92 Å². The van der Waals surface area contributed by atoms with Gasteiger partial charge in [-0.05, 0) is 68.4 Å². The molecule has 2 saturated heterocycles. The fraction of sp³-hybridized carbons (Fsp3) is 0.500. The number of carbonyl (C=O) groups excluding carboxylic acids is 2. The fourth-order valence-corrected chi connectivity index (χ4v) is 4.98. The lowest BCUT2D eigenvalue weighted by molar-refractivity contribution is -0.141. The number of rotatable bonds is 7. The van der Waals surface area contributed by atoms with Gasteiger partial charge in [0.1, 0.15) is 11.6 Å². The Balaban J connectivity index is 1.32. The van der Waals surface area contributed by atoms with Gasteiger partial charge in [0.25, 0.3) is 5.91 Å². The summed E-state index contributed by atoms with van der Waals surface area (Å²) in [5, 5.41) is 12.5. The average Bonchev–Trinajstić information content (AvgIpc) is 2.92. The Kier molecular flexibility index (Phi) is 9.24. The normalized spacial score (nSPS) is 17.9. The highest BCUT2D eigenvalue weighted by Crippen LogP contribution is 2.24. The molecular weight excluding hydrogens is 498 g/mol. The molecule has 0 bridgehead atoms. The Labute approximate surface area is 230 Å². The Morgan fingerprint density at radius 3 is 2.05 bits per heavy atom. The largest absolute Gasteiger partial charge is 0.480 e. The molecule has 9 heteroatoms. The summed E-state index contributed by atoms with van der Waals surface area (Å²) in [4.78, 5) is 41.3. The number of nitrogens with one attached hydrogen (secondary N) is 1. The number of likely N-dealkylation sites (tertiary alicyclic amines) is 1. The summed E-state index contributed by atoms with van der Waals surface area (Å²) in [5.74, 6) is -1.78. The zero-order valence-corrected chi connectivity index (χ0v) is 23.0. The van der Waals surface area contributed by atoms with Crippen molar-refractivity contribution < 1.29 is 29.0 Å². The Morgan fingerprint density at radius 2 is 1.51 bits per heavy atom. The van der Waals surface area contributed by atoms with Gasteiger partial charge in [-0.15, -0.1) is 0 Å². The number of nitrogens with zero attached hydrogens (tertiary/aromatic N) is 2. The van der Waals surface area contributed by atoms with E-state index in [1.165, 1.54) is 5.56 Å². The summed E-state index contributed by atoms with van der Waals surface area (Å²) in [5.41, 5.74) is 3.09. The predicted molar refractivity (Wildman–Crippen MR) is 147 cm³/mol. The van der Waals surface area contributed by atoms with E-state index in [0.29, 0.717) is 31.5 Å². The molecular formula is C30H39N3O6. The molecule has 2 heterocycles. The molecule has 210 valence electrons. The third kappa shape index (κ3) is 8.03. The van der Waals surface area contributed by atoms with Crippen molar-refractivity contribution in [3.05, 3.63) is 59.7 Å². The van der Waals surface area contributed by atoms with E-state index in [-0.39, 0.29) is 5.92 Å². The van der Waals surface area contributed by atoms with E-state index in [4.69, 9.17) is 9.47 Å². The van der Waals surface area contributed by atoms with Crippen LogP contribution < -0.4 is 5.32 Å². The summed E-state index contributed by atoms with van der Waals surface area (Å²) in [6.45, 7) is 10.5. The van der Waals surface area contributed by atoms with Gasteiger partial charge >= 0.3 is 12.1 Å². The van der Waals surface area contributed by atoms with Crippen molar-refractivity contribution >= 4 is 18.0 Å². The van der Waals surface area contributed by atoms with Crippen LogP contribution in [0.2, 0.25) is 0 Å². The van der Waals surface area contributed by atoms with Crippen molar-refractivity contribution in [3.8, 4) is 11.1 Å². The highest BCUT2D eigenvalue weighted by molar-refractivity contribution is 5.97. The zero-order chi connectivity index (χ0) is 28.0. The van der Waals surface area contributed by atoms with E-state index < -0.39 is 29.6 Å². The van der Waals surface area contributed by atoms with Gasteiger partial charge in [0.2, 0.25) is 0 Å². The molecule has 2 N–H and O–H groups in total. The van der Waals surface area contributed by atoms with Crippen LogP contribution in [0.15, 0.2) is 48.5 Å². The lowest BCUT2D eigenvalue weighted by atomic mass is 9.89. The van der Waals surface area contributed by atoms with Gasteiger partial charge in [0.15, 0.2) is 0 Å². The fourth-order valence-electron chi connectivity index (χ4n) is 4.98. The van der Waals surface area contributed by atoms with E-state index in [1.807, 2.05) is 32.9 Å². The van der Waals surface area contributed by atoms with Gasteiger partial charge in [-0.1, -0.05) is 36.4 Å². The molecule has 39 heavy (non-hydrogen) atoms. The van der Waals surface area contributed by atoms with Crippen molar-refractivity contribution in [2.24, 2.45) is 5.92 Å². The molecule has 2 aromatic carbocycles. The number of aliphatic carboxylic acids is 1. The molecule has 0 spiro atoms. The maximum atomic E-state index is 12.9. The first-order chi connectivity index (χ1) is 18.6. The summed E-state index contributed by atoms with van der Waals surface area (Å²) in [7, 11) is 0. The molecule has 2 aromatic rings.